The molecule has 0 aromatic heterocycles. The SMILES string of the molecule is CCNCc1ccc(Cl)c(S(=O)(=O)NCC2CCCO2)c1. The van der Waals surface area contributed by atoms with Crippen LogP contribution in [0.1, 0.15) is 25.3 Å². The summed E-state index contributed by atoms with van der Waals surface area (Å²) in [6.07, 6.45) is 1.82. The lowest BCUT2D eigenvalue weighted by Gasteiger charge is -2.13. The molecule has 0 spiro atoms. The quantitative estimate of drug-likeness (QED) is 0.800. The molecule has 1 aliphatic heterocycles. The van der Waals surface area contributed by atoms with Crippen molar-refractivity contribution in [1.82, 2.24) is 10.0 Å². The highest BCUT2D eigenvalue weighted by molar-refractivity contribution is 7.89. The molecule has 7 heteroatoms. The number of rotatable bonds is 7. The Morgan fingerprint density at radius 2 is 2.24 bits per heavy atom. The van der Waals surface area contributed by atoms with Gasteiger partial charge in [-0.15, -0.1) is 0 Å². The summed E-state index contributed by atoms with van der Waals surface area (Å²) in [5.41, 5.74) is 0.888. The molecule has 1 heterocycles. The molecule has 1 aliphatic rings. The fourth-order valence-corrected chi connectivity index (χ4v) is 3.83. The zero-order valence-corrected chi connectivity index (χ0v) is 13.6. The van der Waals surface area contributed by atoms with Gasteiger partial charge in [-0.25, -0.2) is 13.1 Å². The number of halogens is 1. The minimum Gasteiger partial charge on any atom is -0.377 e. The minimum absolute atomic E-state index is 0.0384. The molecule has 1 aromatic carbocycles. The third-order valence-electron chi connectivity index (χ3n) is 3.39. The molecule has 1 atom stereocenters. The summed E-state index contributed by atoms with van der Waals surface area (Å²) in [7, 11) is -3.62. The number of nitrogens with one attached hydrogen (secondary N) is 2. The zero-order valence-electron chi connectivity index (χ0n) is 12.1. The van der Waals surface area contributed by atoms with Crippen molar-refractivity contribution in [3.63, 3.8) is 0 Å². The van der Waals surface area contributed by atoms with Crippen molar-refractivity contribution < 1.29 is 13.2 Å². The Kier molecular flexibility index (Phi) is 6.01. The maximum atomic E-state index is 12.4. The fourth-order valence-electron chi connectivity index (χ4n) is 2.22. The summed E-state index contributed by atoms with van der Waals surface area (Å²) in [5, 5.41) is 3.39. The summed E-state index contributed by atoms with van der Waals surface area (Å²) in [6.45, 7) is 4.42. The van der Waals surface area contributed by atoms with Gasteiger partial charge < -0.3 is 10.1 Å². The van der Waals surface area contributed by atoms with Crippen molar-refractivity contribution in [2.24, 2.45) is 0 Å². The molecule has 1 aromatic rings. The van der Waals surface area contributed by atoms with E-state index >= 15 is 0 Å². The van der Waals surface area contributed by atoms with Crippen LogP contribution < -0.4 is 10.0 Å². The molecular weight excluding hydrogens is 312 g/mol. The largest absolute Gasteiger partial charge is 0.377 e. The molecule has 0 aliphatic carbocycles. The number of benzene rings is 1. The van der Waals surface area contributed by atoms with E-state index in [1.165, 1.54) is 0 Å². The minimum atomic E-state index is -3.62. The molecule has 1 saturated heterocycles. The van der Waals surface area contributed by atoms with Crippen molar-refractivity contribution in [2.75, 3.05) is 19.7 Å². The summed E-state index contributed by atoms with van der Waals surface area (Å²) < 4.78 is 32.7. The van der Waals surface area contributed by atoms with E-state index in [9.17, 15) is 8.42 Å². The van der Waals surface area contributed by atoms with Gasteiger partial charge in [0.15, 0.2) is 0 Å². The smallest absolute Gasteiger partial charge is 0.242 e. The standard InChI is InChI=1S/C14H21ClN2O3S/c1-2-16-9-11-5-6-13(15)14(8-11)21(18,19)17-10-12-4-3-7-20-12/h5-6,8,12,16-17H,2-4,7,9-10H2,1H3. The van der Waals surface area contributed by atoms with Crippen molar-refractivity contribution >= 4 is 21.6 Å². The van der Waals surface area contributed by atoms with Gasteiger partial charge in [-0.05, 0) is 37.1 Å². The van der Waals surface area contributed by atoms with Crippen LogP contribution >= 0.6 is 11.6 Å². The highest BCUT2D eigenvalue weighted by atomic mass is 35.5. The second kappa shape index (κ2) is 7.56. The normalized spacial score (nSPS) is 19.0. The first-order valence-electron chi connectivity index (χ1n) is 7.13. The van der Waals surface area contributed by atoms with Gasteiger partial charge in [0.05, 0.1) is 11.1 Å². The molecule has 2 N–H and O–H groups in total. The van der Waals surface area contributed by atoms with E-state index in [4.69, 9.17) is 16.3 Å². The molecule has 0 radical (unpaired) electrons. The van der Waals surface area contributed by atoms with Crippen LogP contribution in [0.2, 0.25) is 5.02 Å². The van der Waals surface area contributed by atoms with Crippen molar-refractivity contribution in [3.8, 4) is 0 Å². The second-order valence-corrected chi connectivity index (χ2v) is 7.17. The lowest BCUT2D eigenvalue weighted by atomic mass is 10.2. The molecule has 5 nitrogen and oxygen atoms in total. The van der Waals surface area contributed by atoms with Crippen LogP contribution in [-0.4, -0.2) is 34.2 Å². The third-order valence-corrected chi connectivity index (χ3v) is 5.29. The average molecular weight is 333 g/mol. The van der Waals surface area contributed by atoms with Gasteiger partial charge in [-0.2, -0.15) is 0 Å². The maximum Gasteiger partial charge on any atom is 0.242 e. The van der Waals surface area contributed by atoms with Crippen LogP contribution in [0.3, 0.4) is 0 Å². The van der Waals surface area contributed by atoms with E-state index < -0.39 is 10.0 Å². The van der Waals surface area contributed by atoms with E-state index in [1.54, 1.807) is 12.1 Å². The van der Waals surface area contributed by atoms with Crippen LogP contribution in [0.4, 0.5) is 0 Å². The number of ether oxygens (including phenoxy) is 1. The lowest BCUT2D eigenvalue weighted by Crippen LogP contribution is -2.32. The van der Waals surface area contributed by atoms with Crippen molar-refractivity contribution in [1.29, 1.82) is 0 Å². The number of sulfonamides is 1. The van der Waals surface area contributed by atoms with Crippen molar-refractivity contribution in [2.45, 2.75) is 37.3 Å². The number of hydrogen-bond donors (Lipinski definition) is 2. The topological polar surface area (TPSA) is 67.4 Å². The van der Waals surface area contributed by atoms with E-state index in [1.807, 2.05) is 13.0 Å². The Morgan fingerprint density at radius 1 is 1.43 bits per heavy atom. The van der Waals surface area contributed by atoms with Gasteiger partial charge in [0, 0.05) is 19.7 Å². The Hall–Kier alpha value is -0.660. The summed E-state index contributed by atoms with van der Waals surface area (Å²) >= 11 is 6.04. The van der Waals surface area contributed by atoms with Gasteiger partial charge in [-0.1, -0.05) is 24.6 Å². The molecular formula is C14H21ClN2O3S. The van der Waals surface area contributed by atoms with Gasteiger partial charge in [0.25, 0.3) is 0 Å². The van der Waals surface area contributed by atoms with Crippen LogP contribution in [-0.2, 0) is 21.3 Å². The molecule has 21 heavy (non-hydrogen) atoms. The second-order valence-electron chi connectivity index (χ2n) is 5.03. The lowest BCUT2D eigenvalue weighted by molar-refractivity contribution is 0.114. The molecule has 1 unspecified atom stereocenters. The predicted molar refractivity (Wildman–Crippen MR) is 83.0 cm³/mol. The Balaban J connectivity index is 2.09. The van der Waals surface area contributed by atoms with E-state index in [-0.39, 0.29) is 22.6 Å². The first-order valence-corrected chi connectivity index (χ1v) is 8.99. The summed E-state index contributed by atoms with van der Waals surface area (Å²) in [5.74, 6) is 0. The molecule has 1 fully saturated rings. The predicted octanol–water partition coefficient (Wildman–Crippen LogP) is 1.91. The summed E-state index contributed by atoms with van der Waals surface area (Å²) in [4.78, 5) is 0.123. The monoisotopic (exact) mass is 332 g/mol. The van der Waals surface area contributed by atoms with E-state index in [0.717, 1.165) is 24.9 Å². The highest BCUT2D eigenvalue weighted by Gasteiger charge is 2.22. The van der Waals surface area contributed by atoms with Gasteiger partial charge in [0.1, 0.15) is 4.90 Å². The van der Waals surface area contributed by atoms with Crippen LogP contribution in [0, 0.1) is 0 Å². The Bertz CT molecular complexity index is 572. The average Bonchev–Trinajstić information content (AvgIpc) is 2.97. The third kappa shape index (κ3) is 4.66. The zero-order chi connectivity index (χ0) is 15.3. The van der Waals surface area contributed by atoms with Crippen molar-refractivity contribution in [3.05, 3.63) is 28.8 Å². The summed E-state index contributed by atoms with van der Waals surface area (Å²) in [6, 6.07) is 5.06. The molecule has 0 amide bonds. The Labute approximate surface area is 131 Å². The first kappa shape index (κ1) is 16.7. The molecule has 0 saturated carbocycles. The van der Waals surface area contributed by atoms with Gasteiger partial charge in [0.2, 0.25) is 10.0 Å². The van der Waals surface area contributed by atoms with Crippen LogP contribution in [0.15, 0.2) is 23.1 Å². The van der Waals surface area contributed by atoms with E-state index in [2.05, 4.69) is 10.0 Å². The Morgan fingerprint density at radius 3 is 2.90 bits per heavy atom. The number of hydrogen-bond acceptors (Lipinski definition) is 4. The van der Waals surface area contributed by atoms with Crippen LogP contribution in [0.25, 0.3) is 0 Å². The first-order chi connectivity index (χ1) is 10.0. The van der Waals surface area contributed by atoms with Crippen LogP contribution in [0.5, 0.6) is 0 Å². The highest BCUT2D eigenvalue weighted by Crippen LogP contribution is 2.23. The fraction of sp³-hybridized carbons (Fsp3) is 0.571. The molecule has 2 rings (SSSR count). The molecule has 118 valence electrons. The maximum absolute atomic E-state index is 12.4. The van der Waals surface area contributed by atoms with Gasteiger partial charge in [-0.3, -0.25) is 0 Å². The molecule has 0 bridgehead atoms. The van der Waals surface area contributed by atoms with E-state index in [0.29, 0.717) is 13.2 Å². The van der Waals surface area contributed by atoms with Gasteiger partial charge >= 0.3 is 0 Å².